The number of sulfonamides is 1. The van der Waals surface area contributed by atoms with Crippen molar-refractivity contribution in [1.82, 2.24) is 4.31 Å². The Morgan fingerprint density at radius 2 is 1.85 bits per heavy atom. The maximum absolute atomic E-state index is 12.6. The standard InChI is InChI=1S/C14H19NO4S/c1-11-10-12(14(16)19-2)6-7-13(11)20(17,18)15-8-4-3-5-9-15/h6-7,10H,3-5,8-9H2,1-2H3. The summed E-state index contributed by atoms with van der Waals surface area (Å²) in [5, 5.41) is 0. The van der Waals surface area contributed by atoms with Gasteiger partial charge in [0.15, 0.2) is 0 Å². The Kier molecular flexibility index (Phi) is 4.45. The predicted molar refractivity (Wildman–Crippen MR) is 75.1 cm³/mol. The number of rotatable bonds is 3. The minimum Gasteiger partial charge on any atom is -0.465 e. The summed E-state index contributed by atoms with van der Waals surface area (Å²) in [5.41, 5.74) is 0.932. The lowest BCUT2D eigenvalue weighted by molar-refractivity contribution is 0.0600. The second-order valence-electron chi connectivity index (χ2n) is 4.94. The molecule has 0 spiro atoms. The van der Waals surface area contributed by atoms with Crippen molar-refractivity contribution in [1.29, 1.82) is 0 Å². The van der Waals surface area contributed by atoms with Gasteiger partial charge in [-0.15, -0.1) is 0 Å². The van der Waals surface area contributed by atoms with E-state index in [0.29, 0.717) is 24.2 Å². The Morgan fingerprint density at radius 1 is 1.20 bits per heavy atom. The maximum atomic E-state index is 12.6. The van der Waals surface area contributed by atoms with Gasteiger partial charge in [0.25, 0.3) is 0 Å². The molecular weight excluding hydrogens is 278 g/mol. The zero-order valence-corrected chi connectivity index (χ0v) is 12.6. The fourth-order valence-corrected chi connectivity index (χ4v) is 4.15. The van der Waals surface area contributed by atoms with Crippen molar-refractivity contribution in [3.8, 4) is 0 Å². The lowest BCUT2D eigenvalue weighted by Gasteiger charge is -2.26. The number of carbonyl (C=O) groups is 1. The molecule has 0 amide bonds. The van der Waals surface area contributed by atoms with Crippen molar-refractivity contribution < 1.29 is 17.9 Å². The molecule has 0 aromatic heterocycles. The lowest BCUT2D eigenvalue weighted by Crippen LogP contribution is -2.36. The number of carbonyl (C=O) groups excluding carboxylic acids is 1. The summed E-state index contributed by atoms with van der Waals surface area (Å²) in [4.78, 5) is 11.7. The highest BCUT2D eigenvalue weighted by Gasteiger charge is 2.27. The van der Waals surface area contributed by atoms with Crippen LogP contribution in [0.5, 0.6) is 0 Å². The maximum Gasteiger partial charge on any atom is 0.337 e. The van der Waals surface area contributed by atoms with Gasteiger partial charge < -0.3 is 4.74 Å². The van der Waals surface area contributed by atoms with Crippen LogP contribution in [0.3, 0.4) is 0 Å². The van der Waals surface area contributed by atoms with E-state index in [4.69, 9.17) is 0 Å². The molecule has 0 radical (unpaired) electrons. The number of hydrogen-bond acceptors (Lipinski definition) is 4. The average Bonchev–Trinajstić information content (AvgIpc) is 2.47. The quantitative estimate of drug-likeness (QED) is 0.800. The fourth-order valence-electron chi connectivity index (χ4n) is 2.43. The highest BCUT2D eigenvalue weighted by atomic mass is 32.2. The van der Waals surface area contributed by atoms with E-state index < -0.39 is 16.0 Å². The second kappa shape index (κ2) is 5.93. The first-order valence-corrected chi connectivity index (χ1v) is 8.10. The summed E-state index contributed by atoms with van der Waals surface area (Å²) in [6, 6.07) is 4.55. The Bertz CT molecular complexity index is 604. The van der Waals surface area contributed by atoms with E-state index in [1.807, 2.05) is 0 Å². The van der Waals surface area contributed by atoms with E-state index in [2.05, 4.69) is 4.74 Å². The smallest absolute Gasteiger partial charge is 0.337 e. The van der Waals surface area contributed by atoms with Gasteiger partial charge in [-0.2, -0.15) is 4.31 Å². The number of esters is 1. The zero-order valence-electron chi connectivity index (χ0n) is 11.8. The molecule has 0 N–H and O–H groups in total. The first-order valence-electron chi connectivity index (χ1n) is 6.66. The van der Waals surface area contributed by atoms with Gasteiger partial charge in [0.05, 0.1) is 17.6 Å². The molecule has 6 heteroatoms. The minimum absolute atomic E-state index is 0.270. The van der Waals surface area contributed by atoms with Crippen LogP contribution in [0.15, 0.2) is 23.1 Å². The van der Waals surface area contributed by atoms with Gasteiger partial charge in [-0.1, -0.05) is 6.42 Å². The van der Waals surface area contributed by atoms with Gasteiger partial charge in [-0.25, -0.2) is 13.2 Å². The Labute approximate surface area is 119 Å². The monoisotopic (exact) mass is 297 g/mol. The molecule has 0 atom stereocenters. The Hall–Kier alpha value is -1.40. The molecular formula is C14H19NO4S. The molecule has 0 bridgehead atoms. The molecule has 110 valence electrons. The lowest BCUT2D eigenvalue weighted by atomic mass is 10.1. The van der Waals surface area contributed by atoms with Crippen LogP contribution in [0.25, 0.3) is 0 Å². The molecule has 1 heterocycles. The molecule has 2 rings (SSSR count). The minimum atomic E-state index is -3.46. The zero-order chi connectivity index (χ0) is 14.8. The van der Waals surface area contributed by atoms with Crippen LogP contribution >= 0.6 is 0 Å². The van der Waals surface area contributed by atoms with E-state index in [1.54, 1.807) is 13.0 Å². The summed E-state index contributed by atoms with van der Waals surface area (Å²) < 4.78 is 31.3. The Morgan fingerprint density at radius 3 is 2.40 bits per heavy atom. The molecule has 0 unspecified atom stereocenters. The normalized spacial score (nSPS) is 16.9. The van der Waals surface area contributed by atoms with Crippen molar-refractivity contribution in [2.24, 2.45) is 0 Å². The SMILES string of the molecule is COC(=O)c1ccc(S(=O)(=O)N2CCCCC2)c(C)c1. The number of nitrogens with zero attached hydrogens (tertiary/aromatic N) is 1. The van der Waals surface area contributed by atoms with E-state index in [0.717, 1.165) is 19.3 Å². The molecule has 1 aromatic carbocycles. The van der Waals surface area contributed by atoms with Crippen LogP contribution < -0.4 is 0 Å². The number of hydrogen-bond donors (Lipinski definition) is 0. The van der Waals surface area contributed by atoms with Gasteiger partial charge in [-0.05, 0) is 43.5 Å². The number of aryl methyl sites for hydroxylation is 1. The highest BCUT2D eigenvalue weighted by molar-refractivity contribution is 7.89. The molecule has 1 aliphatic rings. The summed E-state index contributed by atoms with van der Waals surface area (Å²) in [7, 11) is -2.16. The van der Waals surface area contributed by atoms with Crippen LogP contribution in [-0.4, -0.2) is 38.9 Å². The van der Waals surface area contributed by atoms with Crippen molar-refractivity contribution in [3.63, 3.8) is 0 Å². The number of benzene rings is 1. The molecule has 1 aliphatic heterocycles. The molecule has 0 saturated carbocycles. The summed E-state index contributed by atoms with van der Waals surface area (Å²) >= 11 is 0. The summed E-state index contributed by atoms with van der Waals surface area (Å²) in [6.07, 6.45) is 2.88. The first kappa shape index (κ1) is 15.0. The van der Waals surface area contributed by atoms with Gasteiger partial charge >= 0.3 is 5.97 Å². The first-order chi connectivity index (χ1) is 9.46. The van der Waals surface area contributed by atoms with Crippen molar-refractivity contribution in [3.05, 3.63) is 29.3 Å². The summed E-state index contributed by atoms with van der Waals surface area (Å²) in [5.74, 6) is -0.463. The van der Waals surface area contributed by atoms with Crippen LogP contribution in [0, 0.1) is 6.92 Å². The average molecular weight is 297 g/mol. The second-order valence-corrected chi connectivity index (χ2v) is 6.84. The fraction of sp³-hybridized carbons (Fsp3) is 0.500. The third-order valence-electron chi connectivity index (χ3n) is 3.53. The van der Waals surface area contributed by atoms with Crippen molar-refractivity contribution >= 4 is 16.0 Å². The number of ether oxygens (including phenoxy) is 1. The molecule has 5 nitrogen and oxygen atoms in total. The van der Waals surface area contributed by atoms with Crippen molar-refractivity contribution in [2.45, 2.75) is 31.1 Å². The third-order valence-corrected chi connectivity index (χ3v) is 5.59. The highest BCUT2D eigenvalue weighted by Crippen LogP contribution is 2.24. The van der Waals surface area contributed by atoms with Crippen LogP contribution in [-0.2, 0) is 14.8 Å². The van der Waals surface area contributed by atoms with Crippen LogP contribution in [0.1, 0.15) is 35.2 Å². The largest absolute Gasteiger partial charge is 0.465 e. The predicted octanol–water partition coefficient (Wildman–Crippen LogP) is 1.96. The molecule has 20 heavy (non-hydrogen) atoms. The van der Waals surface area contributed by atoms with E-state index >= 15 is 0 Å². The third kappa shape index (κ3) is 2.86. The van der Waals surface area contributed by atoms with E-state index in [1.165, 1.54) is 23.5 Å². The molecule has 1 fully saturated rings. The van der Waals surface area contributed by atoms with Gasteiger partial charge in [0.2, 0.25) is 10.0 Å². The van der Waals surface area contributed by atoms with E-state index in [9.17, 15) is 13.2 Å². The topological polar surface area (TPSA) is 63.7 Å². The molecule has 0 aliphatic carbocycles. The van der Waals surface area contributed by atoms with Gasteiger partial charge in [0, 0.05) is 13.1 Å². The molecule has 1 aromatic rings. The van der Waals surface area contributed by atoms with Gasteiger partial charge in [0.1, 0.15) is 0 Å². The van der Waals surface area contributed by atoms with Crippen LogP contribution in [0.4, 0.5) is 0 Å². The number of methoxy groups -OCH3 is 1. The van der Waals surface area contributed by atoms with Crippen molar-refractivity contribution in [2.75, 3.05) is 20.2 Å². The molecule has 1 saturated heterocycles. The Balaban J connectivity index is 2.34. The number of piperidine rings is 1. The van der Waals surface area contributed by atoms with Gasteiger partial charge in [-0.3, -0.25) is 0 Å². The summed E-state index contributed by atoms with van der Waals surface area (Å²) in [6.45, 7) is 2.84. The van der Waals surface area contributed by atoms with E-state index in [-0.39, 0.29) is 4.90 Å². The van der Waals surface area contributed by atoms with Crippen LogP contribution in [0.2, 0.25) is 0 Å².